The van der Waals surface area contributed by atoms with Crippen LogP contribution in [0.25, 0.3) is 0 Å². The molecule has 4 aliphatic carbocycles. The molecule has 0 radical (unpaired) electrons. The molecule has 6 atom stereocenters. The van der Waals surface area contributed by atoms with Crippen LogP contribution in [0.5, 0.6) is 0 Å². The van der Waals surface area contributed by atoms with Crippen molar-refractivity contribution in [2.45, 2.75) is 83.9 Å². The Labute approximate surface area is 210 Å². The van der Waals surface area contributed by atoms with Gasteiger partial charge in [-0.3, -0.25) is 9.59 Å². The highest BCUT2D eigenvalue weighted by molar-refractivity contribution is 6.08. The number of para-hydroxylation sites is 1. The summed E-state index contributed by atoms with van der Waals surface area (Å²) in [4.78, 5) is 29.1. The maximum absolute atomic E-state index is 13.7. The molecule has 4 nitrogen and oxygen atoms in total. The second-order valence-corrected chi connectivity index (χ2v) is 12.4. The molecule has 36 heavy (non-hydrogen) atoms. The number of likely N-dealkylation sites (tertiary alicyclic amines) is 1. The number of carbonyl (C=O) groups is 2. The second kappa shape index (κ2) is 8.09. The normalized spacial score (nSPS) is 38.1. The second-order valence-electron chi connectivity index (χ2n) is 12.4. The van der Waals surface area contributed by atoms with Gasteiger partial charge in [0, 0.05) is 17.2 Å². The fraction of sp³-hybridized carbons (Fsp3) is 0.655. The molecule has 5 aliphatic rings. The molecule has 0 bridgehead atoms. The number of nitrogens with one attached hydrogen (secondary N) is 1. The molecule has 1 aliphatic heterocycles. The van der Waals surface area contributed by atoms with Crippen LogP contribution in [-0.4, -0.2) is 22.8 Å². The van der Waals surface area contributed by atoms with Crippen LogP contribution in [0.1, 0.15) is 77.2 Å². The Morgan fingerprint density at radius 3 is 2.53 bits per heavy atom. The summed E-state index contributed by atoms with van der Waals surface area (Å²) >= 11 is 0. The number of carbonyl (C=O) groups excluding carboxylic acids is 2. The zero-order chi connectivity index (χ0) is 25.5. The van der Waals surface area contributed by atoms with E-state index in [2.05, 4.69) is 25.2 Å². The number of hydrogen-bond donors (Lipinski definition) is 1. The molecule has 3 saturated carbocycles. The van der Waals surface area contributed by atoms with Crippen LogP contribution in [0.2, 0.25) is 0 Å². The molecule has 0 spiro atoms. The quantitative estimate of drug-likeness (QED) is 0.465. The molecule has 1 N–H and O–H groups in total. The van der Waals surface area contributed by atoms with Crippen molar-refractivity contribution >= 4 is 17.5 Å². The van der Waals surface area contributed by atoms with Crippen molar-refractivity contribution in [3.8, 4) is 0 Å². The van der Waals surface area contributed by atoms with Crippen molar-refractivity contribution in [3.05, 3.63) is 41.6 Å². The number of hydrogen-bond acceptors (Lipinski definition) is 2. The highest BCUT2D eigenvalue weighted by atomic mass is 19.4. The lowest BCUT2D eigenvalue weighted by molar-refractivity contribution is -0.149. The van der Waals surface area contributed by atoms with E-state index in [1.807, 2.05) is 4.90 Å². The van der Waals surface area contributed by atoms with Crippen LogP contribution >= 0.6 is 0 Å². The average molecular weight is 501 g/mol. The van der Waals surface area contributed by atoms with Gasteiger partial charge in [-0.25, -0.2) is 0 Å². The summed E-state index contributed by atoms with van der Waals surface area (Å²) in [5.41, 5.74) is -0.0278. The Morgan fingerprint density at radius 1 is 1.06 bits per heavy atom. The molecule has 1 unspecified atom stereocenters. The van der Waals surface area contributed by atoms with E-state index in [-0.39, 0.29) is 23.1 Å². The highest BCUT2D eigenvalue weighted by Crippen LogP contribution is 2.65. The number of nitrogens with zero attached hydrogens (tertiary/aromatic N) is 1. The Hall–Kier alpha value is -2.31. The first kappa shape index (κ1) is 24.1. The third-order valence-corrected chi connectivity index (χ3v) is 10.3. The third-order valence-electron chi connectivity index (χ3n) is 10.3. The number of amides is 2. The van der Waals surface area contributed by atoms with Gasteiger partial charge in [-0.15, -0.1) is 0 Å². The molecular weight excluding hydrogens is 465 g/mol. The first-order valence-electron chi connectivity index (χ1n) is 13.5. The smallest absolute Gasteiger partial charge is 0.325 e. The molecular formula is C29H35F3N2O2. The molecule has 1 aromatic rings. The van der Waals surface area contributed by atoms with E-state index in [0.29, 0.717) is 29.6 Å². The average Bonchev–Trinajstić information content (AvgIpc) is 3.57. The van der Waals surface area contributed by atoms with Crippen molar-refractivity contribution in [1.82, 2.24) is 4.90 Å². The van der Waals surface area contributed by atoms with E-state index < -0.39 is 23.6 Å². The van der Waals surface area contributed by atoms with Gasteiger partial charge in [0.1, 0.15) is 5.92 Å². The van der Waals surface area contributed by atoms with E-state index in [1.165, 1.54) is 43.9 Å². The molecule has 1 heterocycles. The van der Waals surface area contributed by atoms with Crippen LogP contribution in [-0.2, 0) is 15.8 Å². The fourth-order valence-electron chi connectivity index (χ4n) is 8.47. The van der Waals surface area contributed by atoms with Gasteiger partial charge in [-0.1, -0.05) is 38.5 Å². The Bertz CT molecular complexity index is 1130. The van der Waals surface area contributed by atoms with Gasteiger partial charge < -0.3 is 10.2 Å². The van der Waals surface area contributed by atoms with Crippen molar-refractivity contribution < 1.29 is 22.8 Å². The van der Waals surface area contributed by atoms with E-state index in [9.17, 15) is 22.8 Å². The predicted octanol–water partition coefficient (Wildman–Crippen LogP) is 6.78. The lowest BCUT2D eigenvalue weighted by atomic mass is 9.49. The fourth-order valence-corrected chi connectivity index (χ4v) is 8.47. The standard InChI is InChI=1S/C29H35F3N2O2/c1-27-14-5-7-20(27)18-11-12-24-28(2,21(18)13-15-27)16-19(26(36)34(24)17-9-10-17)25(35)33-23-8-4-3-6-22(23)29(30,31)32/h3-4,6,8,12,17-21H,5,7,9-11,13-16H2,1-2H3,(H,33,35)/t18-,19?,20-,21+,27-,28+/m0/s1. The summed E-state index contributed by atoms with van der Waals surface area (Å²) in [5.74, 6) is -0.243. The van der Waals surface area contributed by atoms with Gasteiger partial charge in [0.15, 0.2) is 0 Å². The third kappa shape index (κ3) is 3.63. The molecule has 1 saturated heterocycles. The minimum atomic E-state index is -4.59. The van der Waals surface area contributed by atoms with Crippen LogP contribution < -0.4 is 5.32 Å². The van der Waals surface area contributed by atoms with Gasteiger partial charge in [0.2, 0.25) is 11.8 Å². The van der Waals surface area contributed by atoms with E-state index in [4.69, 9.17) is 0 Å². The summed E-state index contributed by atoms with van der Waals surface area (Å²) in [6, 6.07) is 5.11. The van der Waals surface area contributed by atoms with E-state index >= 15 is 0 Å². The number of fused-ring (bicyclic) bond motifs is 5. The number of halogens is 3. The number of alkyl halides is 3. The van der Waals surface area contributed by atoms with Crippen molar-refractivity contribution in [2.75, 3.05) is 5.32 Å². The Kier molecular flexibility index (Phi) is 5.41. The number of rotatable bonds is 3. The highest BCUT2D eigenvalue weighted by Gasteiger charge is 2.61. The molecule has 1 aromatic carbocycles. The summed E-state index contributed by atoms with van der Waals surface area (Å²) in [6.07, 6.45) is 6.95. The van der Waals surface area contributed by atoms with Gasteiger partial charge >= 0.3 is 6.18 Å². The zero-order valence-electron chi connectivity index (χ0n) is 21.0. The van der Waals surface area contributed by atoms with Gasteiger partial charge in [-0.05, 0) is 86.7 Å². The zero-order valence-corrected chi connectivity index (χ0v) is 21.0. The first-order chi connectivity index (χ1) is 17.0. The molecule has 4 fully saturated rings. The lowest BCUT2D eigenvalue weighted by Gasteiger charge is -2.59. The number of benzene rings is 1. The van der Waals surface area contributed by atoms with Gasteiger partial charge in [-0.2, -0.15) is 13.2 Å². The number of allylic oxidation sites excluding steroid dienone is 2. The Morgan fingerprint density at radius 2 is 1.81 bits per heavy atom. The van der Waals surface area contributed by atoms with Crippen LogP contribution in [0, 0.1) is 34.5 Å². The maximum atomic E-state index is 13.7. The number of piperidine rings is 1. The minimum absolute atomic E-state index is 0.109. The largest absolute Gasteiger partial charge is 0.418 e. The summed E-state index contributed by atoms with van der Waals surface area (Å²) < 4.78 is 40.7. The van der Waals surface area contributed by atoms with Crippen molar-refractivity contribution in [3.63, 3.8) is 0 Å². The summed E-state index contributed by atoms with van der Waals surface area (Å²) in [6.45, 7) is 4.66. The monoisotopic (exact) mass is 500 g/mol. The minimum Gasteiger partial charge on any atom is -0.325 e. The SMILES string of the molecule is C[C@@]12CCC[C@H]1[C@@H]1CC=C3N(C4CC4)C(=O)C(C(=O)Nc4ccccc4C(F)(F)F)C[C@]3(C)[C@@H]1CC2. The van der Waals surface area contributed by atoms with Crippen molar-refractivity contribution in [1.29, 1.82) is 0 Å². The first-order valence-corrected chi connectivity index (χ1v) is 13.5. The molecule has 0 aromatic heterocycles. The molecule has 194 valence electrons. The van der Waals surface area contributed by atoms with E-state index in [0.717, 1.165) is 37.4 Å². The molecule has 6 rings (SSSR count). The molecule has 2 amide bonds. The Balaban J connectivity index is 1.34. The predicted molar refractivity (Wildman–Crippen MR) is 131 cm³/mol. The maximum Gasteiger partial charge on any atom is 0.418 e. The summed E-state index contributed by atoms with van der Waals surface area (Å²) in [7, 11) is 0. The van der Waals surface area contributed by atoms with Crippen LogP contribution in [0.4, 0.5) is 18.9 Å². The summed E-state index contributed by atoms with van der Waals surface area (Å²) in [5, 5.41) is 2.50. The van der Waals surface area contributed by atoms with Crippen LogP contribution in [0.15, 0.2) is 36.0 Å². The van der Waals surface area contributed by atoms with Crippen molar-refractivity contribution in [2.24, 2.45) is 34.5 Å². The van der Waals surface area contributed by atoms with Crippen LogP contribution in [0.3, 0.4) is 0 Å². The van der Waals surface area contributed by atoms with Gasteiger partial charge in [0.05, 0.1) is 11.3 Å². The van der Waals surface area contributed by atoms with Gasteiger partial charge in [0.25, 0.3) is 0 Å². The number of anilines is 1. The lowest BCUT2D eigenvalue weighted by Crippen LogP contribution is -2.58. The molecule has 7 heteroatoms. The topological polar surface area (TPSA) is 49.4 Å². The van der Waals surface area contributed by atoms with E-state index in [1.54, 1.807) is 0 Å².